The highest BCUT2D eigenvalue weighted by Gasteiger charge is 2.23. The molecule has 1 atom stereocenters. The molecule has 0 spiro atoms. The monoisotopic (exact) mass is 347 g/mol. The van der Waals surface area contributed by atoms with Crippen molar-refractivity contribution in [2.24, 2.45) is 0 Å². The number of Topliss-reactive ketones (excluding diaryl/α,β-unsaturated/α-hetero) is 1. The van der Waals surface area contributed by atoms with E-state index in [2.05, 4.69) is 42.2 Å². The molecule has 4 nitrogen and oxygen atoms in total. The number of nitrogens with zero attached hydrogens (tertiary/aromatic N) is 1. The number of benzene rings is 2. The topological polar surface area (TPSA) is 38.8 Å². The molecule has 0 aliphatic carbocycles. The van der Waals surface area contributed by atoms with E-state index in [1.807, 2.05) is 6.07 Å². The van der Waals surface area contributed by atoms with Crippen LogP contribution in [-0.2, 0) is 0 Å². The van der Waals surface area contributed by atoms with Gasteiger partial charge in [-0.2, -0.15) is 0 Å². The summed E-state index contributed by atoms with van der Waals surface area (Å²) >= 11 is 0. The van der Waals surface area contributed by atoms with E-state index in [0.717, 1.165) is 13.1 Å². The minimum atomic E-state index is 0.117. The maximum absolute atomic E-state index is 12.7. The van der Waals surface area contributed by atoms with Gasteiger partial charge in [0.2, 0.25) is 0 Å². The summed E-state index contributed by atoms with van der Waals surface area (Å²) in [5.74, 6) is 1.33. The molecule has 26 heavy (non-hydrogen) atoms. The van der Waals surface area contributed by atoms with Crippen molar-refractivity contribution in [2.75, 3.05) is 13.1 Å². The number of fused-ring (bicyclic) bond motifs is 1. The van der Waals surface area contributed by atoms with E-state index in [9.17, 15) is 4.79 Å². The van der Waals surface area contributed by atoms with Gasteiger partial charge in [-0.05, 0) is 36.3 Å². The largest absolute Gasteiger partial charge is 0.458 e. The number of carbonyl (C=O) groups is 1. The lowest BCUT2D eigenvalue weighted by Crippen LogP contribution is -2.33. The second-order valence-electron chi connectivity index (χ2n) is 6.67. The highest BCUT2D eigenvalue weighted by Crippen LogP contribution is 2.32. The van der Waals surface area contributed by atoms with Crippen molar-refractivity contribution in [1.82, 2.24) is 4.90 Å². The van der Waals surface area contributed by atoms with Gasteiger partial charge in [0, 0.05) is 31.1 Å². The fourth-order valence-corrected chi connectivity index (χ4v) is 3.36. The summed E-state index contributed by atoms with van der Waals surface area (Å²) in [5.41, 5.74) is 3.24. The maximum atomic E-state index is 12.7. The lowest BCUT2D eigenvalue weighted by molar-refractivity contribution is 0.0943. The molecule has 4 heteroatoms. The molecule has 2 aliphatic rings. The number of rotatable bonds is 5. The Morgan fingerprint density at radius 3 is 2.65 bits per heavy atom. The molecule has 0 radical (unpaired) electrons. The van der Waals surface area contributed by atoms with Gasteiger partial charge in [-0.1, -0.05) is 36.4 Å². The third kappa shape index (κ3) is 3.41. The Morgan fingerprint density at radius 1 is 1.08 bits per heavy atom. The predicted octanol–water partition coefficient (Wildman–Crippen LogP) is 4.29. The normalized spacial score (nSPS) is 17.0. The van der Waals surface area contributed by atoms with E-state index in [0.29, 0.717) is 23.5 Å². The van der Waals surface area contributed by atoms with Gasteiger partial charge in [0.05, 0.1) is 0 Å². The van der Waals surface area contributed by atoms with Gasteiger partial charge in [0.15, 0.2) is 17.3 Å². The van der Waals surface area contributed by atoms with Crippen molar-refractivity contribution in [2.45, 2.75) is 19.4 Å². The summed E-state index contributed by atoms with van der Waals surface area (Å²) in [4.78, 5) is 15.0. The lowest BCUT2D eigenvalue weighted by atomic mass is 10.0. The zero-order chi connectivity index (χ0) is 17.9. The maximum Gasteiger partial charge on any atom is 0.169 e. The SMILES string of the molecule is CC(CC(=O)c1ccc2c(c1)OC=CO2)N1CC=C(c2ccccc2)C1. The van der Waals surface area contributed by atoms with Gasteiger partial charge >= 0.3 is 0 Å². The highest BCUT2D eigenvalue weighted by molar-refractivity contribution is 5.97. The van der Waals surface area contributed by atoms with Gasteiger partial charge in [-0.3, -0.25) is 9.69 Å². The van der Waals surface area contributed by atoms with Gasteiger partial charge in [-0.25, -0.2) is 0 Å². The molecule has 0 saturated carbocycles. The molecule has 4 rings (SSSR count). The molecule has 2 aromatic carbocycles. The first-order valence-electron chi connectivity index (χ1n) is 8.85. The van der Waals surface area contributed by atoms with Crippen molar-refractivity contribution in [3.8, 4) is 11.5 Å². The average Bonchev–Trinajstić information content (AvgIpc) is 3.18. The zero-order valence-corrected chi connectivity index (χ0v) is 14.7. The van der Waals surface area contributed by atoms with Crippen LogP contribution in [0.4, 0.5) is 0 Å². The van der Waals surface area contributed by atoms with E-state index < -0.39 is 0 Å². The molecule has 1 unspecified atom stereocenters. The summed E-state index contributed by atoms with van der Waals surface area (Å²) in [6.07, 6.45) is 5.69. The van der Waals surface area contributed by atoms with Crippen LogP contribution in [0, 0.1) is 0 Å². The van der Waals surface area contributed by atoms with Crippen LogP contribution in [-0.4, -0.2) is 29.8 Å². The third-order valence-corrected chi connectivity index (χ3v) is 4.91. The van der Waals surface area contributed by atoms with Crippen LogP contribution in [0.25, 0.3) is 5.57 Å². The number of ether oxygens (including phenoxy) is 2. The fraction of sp³-hybridized carbons (Fsp3) is 0.227. The number of ketones is 1. The number of carbonyl (C=O) groups excluding carboxylic acids is 1. The Balaban J connectivity index is 1.38. The van der Waals surface area contributed by atoms with E-state index in [4.69, 9.17) is 9.47 Å². The summed E-state index contributed by atoms with van der Waals surface area (Å²) in [6, 6.07) is 15.9. The van der Waals surface area contributed by atoms with Gasteiger partial charge in [-0.15, -0.1) is 0 Å². The number of hydrogen-bond acceptors (Lipinski definition) is 4. The fourth-order valence-electron chi connectivity index (χ4n) is 3.36. The standard InChI is InChI=1S/C22H21NO3/c1-16(23-10-9-19(15-23)17-5-3-2-4-6-17)13-20(24)18-7-8-21-22(14-18)26-12-11-25-21/h2-9,11-12,14,16H,10,13,15H2,1H3. The summed E-state index contributed by atoms with van der Waals surface area (Å²) < 4.78 is 10.7. The predicted molar refractivity (Wildman–Crippen MR) is 101 cm³/mol. The van der Waals surface area contributed by atoms with Crippen LogP contribution in [0.2, 0.25) is 0 Å². The van der Waals surface area contributed by atoms with Crippen molar-refractivity contribution in [1.29, 1.82) is 0 Å². The Morgan fingerprint density at radius 2 is 1.85 bits per heavy atom. The van der Waals surface area contributed by atoms with Crippen LogP contribution >= 0.6 is 0 Å². The molecule has 0 N–H and O–H groups in total. The van der Waals surface area contributed by atoms with Crippen LogP contribution in [0.5, 0.6) is 11.5 Å². The first-order chi connectivity index (χ1) is 12.7. The van der Waals surface area contributed by atoms with Crippen LogP contribution in [0.3, 0.4) is 0 Å². The lowest BCUT2D eigenvalue weighted by Gasteiger charge is -2.24. The minimum Gasteiger partial charge on any atom is -0.458 e. The van der Waals surface area contributed by atoms with Crippen molar-refractivity contribution < 1.29 is 14.3 Å². The Kier molecular flexibility index (Phi) is 4.59. The average molecular weight is 347 g/mol. The molecular weight excluding hydrogens is 326 g/mol. The molecule has 0 bridgehead atoms. The Labute approximate surface area is 153 Å². The second kappa shape index (κ2) is 7.18. The summed E-state index contributed by atoms with van der Waals surface area (Å²) in [5, 5.41) is 0. The van der Waals surface area contributed by atoms with Crippen molar-refractivity contribution in [3.05, 3.63) is 78.3 Å². The molecule has 0 aromatic heterocycles. The van der Waals surface area contributed by atoms with Gasteiger partial charge in [0.1, 0.15) is 12.5 Å². The van der Waals surface area contributed by atoms with Gasteiger partial charge < -0.3 is 9.47 Å². The Hall–Kier alpha value is -2.85. The molecule has 0 amide bonds. The molecule has 0 saturated heterocycles. The Bertz CT molecular complexity index is 870. The number of hydrogen-bond donors (Lipinski definition) is 0. The van der Waals surface area contributed by atoms with Crippen LogP contribution in [0.15, 0.2) is 67.1 Å². The first kappa shape index (κ1) is 16.6. The minimum absolute atomic E-state index is 0.117. The summed E-state index contributed by atoms with van der Waals surface area (Å²) in [7, 11) is 0. The van der Waals surface area contributed by atoms with E-state index >= 15 is 0 Å². The second-order valence-corrected chi connectivity index (χ2v) is 6.67. The molecule has 2 aliphatic heterocycles. The van der Waals surface area contributed by atoms with E-state index in [1.54, 1.807) is 18.2 Å². The quantitative estimate of drug-likeness (QED) is 0.757. The van der Waals surface area contributed by atoms with E-state index in [-0.39, 0.29) is 11.8 Å². The van der Waals surface area contributed by atoms with Crippen molar-refractivity contribution >= 4 is 11.4 Å². The molecular formula is C22H21NO3. The zero-order valence-electron chi connectivity index (χ0n) is 14.7. The van der Waals surface area contributed by atoms with Gasteiger partial charge in [0.25, 0.3) is 0 Å². The van der Waals surface area contributed by atoms with Crippen molar-refractivity contribution in [3.63, 3.8) is 0 Å². The molecule has 2 heterocycles. The highest BCUT2D eigenvalue weighted by atomic mass is 16.5. The summed E-state index contributed by atoms with van der Waals surface area (Å²) in [6.45, 7) is 3.87. The van der Waals surface area contributed by atoms with E-state index in [1.165, 1.54) is 23.7 Å². The smallest absolute Gasteiger partial charge is 0.169 e. The third-order valence-electron chi connectivity index (χ3n) is 4.91. The molecule has 2 aromatic rings. The molecule has 0 fully saturated rings. The van der Waals surface area contributed by atoms with Crippen LogP contribution < -0.4 is 9.47 Å². The van der Waals surface area contributed by atoms with Crippen LogP contribution in [0.1, 0.15) is 29.3 Å². The molecule has 132 valence electrons. The first-order valence-corrected chi connectivity index (χ1v) is 8.85.